The quantitative estimate of drug-likeness (QED) is 0.784. The fourth-order valence-corrected chi connectivity index (χ4v) is 2.49. The third-order valence-electron chi connectivity index (χ3n) is 3.29. The van der Waals surface area contributed by atoms with Crippen LogP contribution in [0, 0.1) is 0 Å². The Balaban J connectivity index is 2.15. The van der Waals surface area contributed by atoms with Gasteiger partial charge >= 0.3 is 11.9 Å². The van der Waals surface area contributed by atoms with Gasteiger partial charge < -0.3 is 9.47 Å². The molecular weight excluding hydrogens is 284 g/mol. The first-order valence-corrected chi connectivity index (χ1v) is 6.66. The second kappa shape index (κ2) is 5.11. The smallest absolute Gasteiger partial charge is 0.308 e. The summed E-state index contributed by atoms with van der Waals surface area (Å²) in [6, 6.07) is 7.48. The lowest BCUT2D eigenvalue weighted by atomic mass is 9.94. The Morgan fingerprint density at radius 2 is 1.59 bits per heavy atom. The van der Waals surface area contributed by atoms with Crippen molar-refractivity contribution in [1.29, 1.82) is 0 Å². The van der Waals surface area contributed by atoms with E-state index in [4.69, 9.17) is 9.47 Å². The molecule has 22 heavy (non-hydrogen) atoms. The number of benzene rings is 1. The maximum absolute atomic E-state index is 12.6. The van der Waals surface area contributed by atoms with E-state index < -0.39 is 17.7 Å². The lowest BCUT2D eigenvalue weighted by Crippen LogP contribution is -2.19. The van der Waals surface area contributed by atoms with E-state index in [-0.39, 0.29) is 11.5 Å². The van der Waals surface area contributed by atoms with Crippen LogP contribution < -0.4 is 0 Å². The molecular formula is C17H12O5. The van der Waals surface area contributed by atoms with Crippen LogP contribution in [-0.4, -0.2) is 17.7 Å². The number of rotatable bonds is 2. The maximum atomic E-state index is 12.6. The molecule has 0 saturated carbocycles. The van der Waals surface area contributed by atoms with E-state index in [1.165, 1.54) is 13.8 Å². The van der Waals surface area contributed by atoms with Crippen LogP contribution in [0.4, 0.5) is 0 Å². The fraction of sp³-hybridized carbons (Fsp3) is 0.118. The summed E-state index contributed by atoms with van der Waals surface area (Å²) < 4.78 is 9.99. The van der Waals surface area contributed by atoms with Crippen molar-refractivity contribution in [2.75, 3.05) is 0 Å². The van der Waals surface area contributed by atoms with Gasteiger partial charge in [0.25, 0.3) is 0 Å². The first kappa shape index (κ1) is 14.0. The van der Waals surface area contributed by atoms with Crippen LogP contribution in [0.2, 0.25) is 0 Å². The summed E-state index contributed by atoms with van der Waals surface area (Å²) in [5, 5.41) is 0. The van der Waals surface area contributed by atoms with Gasteiger partial charge in [-0.2, -0.15) is 0 Å². The summed E-state index contributed by atoms with van der Waals surface area (Å²) >= 11 is 0. The molecule has 0 aliphatic heterocycles. The highest BCUT2D eigenvalue weighted by Crippen LogP contribution is 2.41. The number of ether oxygens (including phenoxy) is 2. The Morgan fingerprint density at radius 3 is 2.27 bits per heavy atom. The predicted octanol–water partition coefficient (Wildman–Crippen LogP) is 2.39. The van der Waals surface area contributed by atoms with Crippen LogP contribution in [0.25, 0.3) is 11.6 Å². The number of Topliss-reactive ketones (excluding diaryl/α,β-unsaturated/α-hetero) is 1. The highest BCUT2D eigenvalue weighted by Gasteiger charge is 2.34. The van der Waals surface area contributed by atoms with Gasteiger partial charge in [0.2, 0.25) is 11.5 Å². The Morgan fingerprint density at radius 1 is 0.909 bits per heavy atom. The van der Waals surface area contributed by atoms with Crippen LogP contribution in [-0.2, 0) is 23.9 Å². The first-order valence-electron chi connectivity index (χ1n) is 6.66. The average molecular weight is 296 g/mol. The average Bonchev–Trinajstić information content (AvgIpc) is 2.81. The van der Waals surface area contributed by atoms with Gasteiger partial charge in [0.15, 0.2) is 5.76 Å². The Labute approximate surface area is 126 Å². The Kier molecular flexibility index (Phi) is 3.25. The number of hydrogen-bond acceptors (Lipinski definition) is 5. The van der Waals surface area contributed by atoms with E-state index >= 15 is 0 Å². The van der Waals surface area contributed by atoms with Crippen molar-refractivity contribution < 1.29 is 23.9 Å². The monoisotopic (exact) mass is 296 g/mol. The van der Waals surface area contributed by atoms with E-state index in [1.54, 1.807) is 12.2 Å². The van der Waals surface area contributed by atoms with Crippen LogP contribution in [0.15, 0.2) is 47.4 Å². The zero-order chi connectivity index (χ0) is 15.9. The van der Waals surface area contributed by atoms with Gasteiger partial charge in [-0.05, 0) is 28.9 Å². The minimum absolute atomic E-state index is 0.0449. The summed E-state index contributed by atoms with van der Waals surface area (Å²) in [5.41, 5.74) is 2.85. The largest absolute Gasteiger partial charge is 0.423 e. The molecule has 0 N–H and O–H groups in total. The molecule has 0 unspecified atom stereocenters. The Hall–Kier alpha value is -2.95. The minimum Gasteiger partial charge on any atom is -0.423 e. The molecule has 110 valence electrons. The number of carbonyl (C=O) groups excluding carboxylic acids is 3. The van der Waals surface area contributed by atoms with Crippen molar-refractivity contribution in [2.24, 2.45) is 0 Å². The highest BCUT2D eigenvalue weighted by atomic mass is 16.6. The van der Waals surface area contributed by atoms with Gasteiger partial charge in [-0.3, -0.25) is 14.4 Å². The van der Waals surface area contributed by atoms with Crippen molar-refractivity contribution in [2.45, 2.75) is 13.8 Å². The number of esters is 2. The van der Waals surface area contributed by atoms with Gasteiger partial charge in [-0.25, -0.2) is 0 Å². The topological polar surface area (TPSA) is 69.7 Å². The molecule has 2 aliphatic carbocycles. The molecule has 0 radical (unpaired) electrons. The van der Waals surface area contributed by atoms with E-state index in [2.05, 4.69) is 0 Å². The molecule has 5 heteroatoms. The molecule has 0 bridgehead atoms. The van der Waals surface area contributed by atoms with Crippen LogP contribution in [0.1, 0.15) is 25.0 Å². The van der Waals surface area contributed by atoms with E-state index in [9.17, 15) is 14.4 Å². The van der Waals surface area contributed by atoms with Gasteiger partial charge in [-0.15, -0.1) is 0 Å². The highest BCUT2D eigenvalue weighted by molar-refractivity contribution is 6.25. The second-order valence-corrected chi connectivity index (χ2v) is 4.91. The number of allylic oxidation sites excluding steroid dienone is 3. The normalized spacial score (nSPS) is 15.6. The van der Waals surface area contributed by atoms with E-state index in [0.29, 0.717) is 11.1 Å². The van der Waals surface area contributed by atoms with E-state index in [0.717, 1.165) is 11.1 Å². The van der Waals surface area contributed by atoms with Crippen molar-refractivity contribution in [3.8, 4) is 0 Å². The molecule has 5 nitrogen and oxygen atoms in total. The third-order valence-corrected chi connectivity index (χ3v) is 3.29. The lowest BCUT2D eigenvalue weighted by molar-refractivity contribution is -0.142. The number of hydrogen-bond donors (Lipinski definition) is 0. The zero-order valence-electron chi connectivity index (χ0n) is 12.0. The Bertz CT molecular complexity index is 808. The molecule has 0 saturated heterocycles. The summed E-state index contributed by atoms with van der Waals surface area (Å²) in [4.78, 5) is 35.0. The van der Waals surface area contributed by atoms with Crippen molar-refractivity contribution >= 4 is 29.4 Å². The maximum Gasteiger partial charge on any atom is 0.308 e. The molecule has 0 fully saturated rings. The predicted molar refractivity (Wildman–Crippen MR) is 78.0 cm³/mol. The molecule has 0 atom stereocenters. The first-order chi connectivity index (χ1) is 10.5. The van der Waals surface area contributed by atoms with Crippen LogP contribution in [0.3, 0.4) is 0 Å². The third kappa shape index (κ3) is 2.26. The summed E-state index contributed by atoms with van der Waals surface area (Å²) in [5.74, 6) is -2.02. The molecule has 0 spiro atoms. The molecule has 3 rings (SSSR count). The van der Waals surface area contributed by atoms with Crippen molar-refractivity contribution in [3.63, 3.8) is 0 Å². The number of fused-ring (bicyclic) bond motifs is 3. The van der Waals surface area contributed by atoms with Crippen LogP contribution in [0.5, 0.6) is 0 Å². The molecule has 0 amide bonds. The zero-order valence-corrected chi connectivity index (χ0v) is 12.0. The van der Waals surface area contributed by atoms with Gasteiger partial charge in [0.1, 0.15) is 0 Å². The molecule has 0 heterocycles. The molecule has 1 aromatic carbocycles. The molecule has 2 aliphatic rings. The number of ketones is 1. The van der Waals surface area contributed by atoms with Gasteiger partial charge in [-0.1, -0.05) is 24.3 Å². The summed E-state index contributed by atoms with van der Waals surface area (Å²) in [7, 11) is 0. The van der Waals surface area contributed by atoms with Gasteiger partial charge in [0.05, 0.1) is 0 Å². The molecule has 0 aromatic heterocycles. The SMILES string of the molecule is CC(=O)OC1=C(OC(C)=O)C(=O)C2=Cc3ccccc3C2=C1. The van der Waals surface area contributed by atoms with Gasteiger partial charge in [0, 0.05) is 19.4 Å². The lowest BCUT2D eigenvalue weighted by Gasteiger charge is -2.17. The molecule has 1 aromatic rings. The number of carbonyl (C=O) groups is 3. The fourth-order valence-electron chi connectivity index (χ4n) is 2.49. The van der Waals surface area contributed by atoms with Crippen LogP contribution >= 0.6 is 0 Å². The standard InChI is InChI=1S/C17H12O5/c1-9(18)21-15-8-13-12-6-4-3-5-11(12)7-14(13)16(20)17(15)22-10(2)19/h3-8H,1-2H3. The van der Waals surface area contributed by atoms with E-state index in [1.807, 2.05) is 24.3 Å². The van der Waals surface area contributed by atoms with Crippen molar-refractivity contribution in [3.05, 3.63) is 58.6 Å². The minimum atomic E-state index is -0.652. The second-order valence-electron chi connectivity index (χ2n) is 4.91. The summed E-state index contributed by atoms with van der Waals surface area (Å²) in [6.07, 6.45) is 3.29. The van der Waals surface area contributed by atoms with Crippen molar-refractivity contribution in [1.82, 2.24) is 0 Å². The summed E-state index contributed by atoms with van der Waals surface area (Å²) in [6.45, 7) is 2.40.